The van der Waals surface area contributed by atoms with Gasteiger partial charge in [-0.25, -0.2) is 0 Å². The van der Waals surface area contributed by atoms with Crippen molar-refractivity contribution in [3.8, 4) is 0 Å². The van der Waals surface area contributed by atoms with Gasteiger partial charge in [0.25, 0.3) is 0 Å². The second-order valence-electron chi connectivity index (χ2n) is 6.05. The van der Waals surface area contributed by atoms with Crippen LogP contribution in [-0.2, 0) is 9.47 Å². The van der Waals surface area contributed by atoms with Crippen molar-refractivity contribution >= 4 is 0 Å². The first-order valence-electron chi connectivity index (χ1n) is 7.61. The summed E-state index contributed by atoms with van der Waals surface area (Å²) in [6.07, 6.45) is -11.4. The molecule has 0 amide bonds. The summed E-state index contributed by atoms with van der Waals surface area (Å²) in [6.45, 7) is 0.533. The molecule has 0 bridgehead atoms. The van der Waals surface area contributed by atoms with Gasteiger partial charge in [0.05, 0.1) is 19.3 Å². The smallest absolute Gasteiger partial charge is 0.184 e. The fourth-order valence-electron chi connectivity index (χ4n) is 2.45. The molecule has 2 heterocycles. The van der Waals surface area contributed by atoms with Crippen molar-refractivity contribution in [3.63, 3.8) is 0 Å². The molecule has 1 unspecified atom stereocenters. The highest BCUT2D eigenvalue weighted by Crippen LogP contribution is 2.24. The third kappa shape index (κ3) is 5.26. The number of rotatable bonds is 2. The van der Waals surface area contributed by atoms with E-state index in [1.54, 1.807) is 6.92 Å². The average Bonchev–Trinajstić information content (AvgIpc) is 2.58. The minimum Gasteiger partial charge on any atom is -0.412 e. The summed E-state index contributed by atoms with van der Waals surface area (Å²) in [7, 11) is 0. The first-order valence-corrected chi connectivity index (χ1v) is 7.61. The Bertz CT molecular complexity index is 404. The van der Waals surface area contributed by atoms with E-state index in [1.807, 2.05) is 0 Å². The molecule has 2 saturated heterocycles. The Morgan fingerprint density at radius 3 is 1.85 bits per heavy atom. The molecule has 13 heteroatoms. The third-order valence-electron chi connectivity index (χ3n) is 4.21. The fourth-order valence-corrected chi connectivity index (χ4v) is 2.45. The summed E-state index contributed by atoms with van der Waals surface area (Å²) in [5.41, 5.74) is 2.91. The number of hydrogen-bond donors (Lipinski definition) is 10. The molecule has 2 rings (SSSR count). The molecule has 0 aromatic heterocycles. The van der Waals surface area contributed by atoms with Gasteiger partial charge in [0.1, 0.15) is 42.7 Å². The Balaban J connectivity index is 0.000000464. The highest BCUT2D eigenvalue weighted by molar-refractivity contribution is 4.97. The van der Waals surface area contributed by atoms with E-state index >= 15 is 0 Å². The van der Waals surface area contributed by atoms with Crippen LogP contribution in [0.25, 0.3) is 0 Å². The number of hydrogen-bond acceptors (Lipinski definition) is 12. The molecule has 158 valence electrons. The van der Waals surface area contributed by atoms with Crippen molar-refractivity contribution in [2.75, 3.05) is 13.2 Å². The maximum Gasteiger partial charge on any atom is 0.184 e. The zero-order chi connectivity index (χ0) is 19.5. The molecule has 0 saturated carbocycles. The molecule has 26 heavy (non-hydrogen) atoms. The van der Waals surface area contributed by atoms with Crippen LogP contribution in [0.1, 0.15) is 6.92 Å². The quantitative estimate of drug-likeness (QED) is 0.197. The second-order valence-corrected chi connectivity index (χ2v) is 6.05. The molecule has 13 nitrogen and oxygen atoms in total. The van der Waals surface area contributed by atoms with Gasteiger partial charge in [-0.1, -0.05) is 0 Å². The summed E-state index contributed by atoms with van der Waals surface area (Å²) in [5, 5.41) is 81.6. The highest BCUT2D eigenvalue weighted by Gasteiger charge is 2.51. The van der Waals surface area contributed by atoms with E-state index in [1.165, 1.54) is 0 Å². The summed E-state index contributed by atoms with van der Waals surface area (Å²) in [5.74, 6) is 0. The molecular formula is C13H29NO12. The van der Waals surface area contributed by atoms with E-state index in [9.17, 15) is 25.5 Å². The maximum absolute atomic E-state index is 9.36. The number of aliphatic hydroxyl groups is 9. The maximum atomic E-state index is 9.36. The zero-order valence-corrected chi connectivity index (χ0v) is 14.0. The summed E-state index contributed by atoms with van der Waals surface area (Å²) < 4.78 is 9.57. The minimum atomic E-state index is -2.27. The van der Waals surface area contributed by atoms with Crippen molar-refractivity contribution in [2.45, 2.75) is 67.8 Å². The van der Waals surface area contributed by atoms with E-state index in [4.69, 9.17) is 30.9 Å². The van der Waals surface area contributed by atoms with Gasteiger partial charge >= 0.3 is 0 Å². The standard InChI is InChI=1S/C7H14O5.C6H13NO6.H2O/c1-3-5(9)7(11)6(10)4(2-8)12-3;7-6(12)2(1-8)13-5(11)3(9)4(6)10;/h3-11H,2H2,1H3;2-5,8-12H,1,7H2;1H2/t3?,4-,5+,6-,7-;2-,3-,4-,5+,6-;/m11./s1. The predicted molar refractivity (Wildman–Crippen MR) is 82.2 cm³/mol. The Morgan fingerprint density at radius 2 is 1.38 bits per heavy atom. The van der Waals surface area contributed by atoms with Crippen LogP contribution in [0, 0.1) is 0 Å². The summed E-state index contributed by atoms with van der Waals surface area (Å²) in [6, 6.07) is 0. The summed E-state index contributed by atoms with van der Waals surface area (Å²) in [4.78, 5) is 0. The van der Waals surface area contributed by atoms with Gasteiger partial charge in [-0.15, -0.1) is 0 Å². The van der Waals surface area contributed by atoms with Gasteiger partial charge in [-0.2, -0.15) is 0 Å². The molecule has 0 aromatic carbocycles. The molecule has 0 radical (unpaired) electrons. The van der Waals surface area contributed by atoms with Crippen LogP contribution in [-0.4, -0.2) is 125 Å². The molecular weight excluding hydrogens is 362 g/mol. The van der Waals surface area contributed by atoms with Gasteiger partial charge in [0, 0.05) is 0 Å². The van der Waals surface area contributed by atoms with Crippen LogP contribution in [0.15, 0.2) is 0 Å². The minimum absolute atomic E-state index is 0. The van der Waals surface area contributed by atoms with E-state index < -0.39 is 67.5 Å². The SMILES string of the molecule is CC1O[C@H](CO)[C@@H](O)[C@H](O)[C@H]1O.N[C@]1(O)[C@H](O)[C@@H](O)[C@@H](O)O[C@@H]1CO.O. The second kappa shape index (κ2) is 10.1. The normalized spacial score (nSPS) is 48.8. The first-order chi connectivity index (χ1) is 11.5. The molecule has 10 atom stereocenters. The molecule has 13 N–H and O–H groups in total. The Hall–Kier alpha value is -0.520. The Morgan fingerprint density at radius 1 is 0.846 bits per heavy atom. The largest absolute Gasteiger partial charge is 0.412 e. The first kappa shape index (κ1) is 25.5. The average molecular weight is 391 g/mol. The van der Waals surface area contributed by atoms with Gasteiger partial charge < -0.3 is 60.9 Å². The molecule has 0 spiro atoms. The van der Waals surface area contributed by atoms with Crippen molar-refractivity contribution in [1.29, 1.82) is 0 Å². The van der Waals surface area contributed by atoms with E-state index in [-0.39, 0.29) is 12.1 Å². The Kier molecular flexibility index (Phi) is 9.94. The van der Waals surface area contributed by atoms with E-state index in [2.05, 4.69) is 4.74 Å². The highest BCUT2D eigenvalue weighted by atomic mass is 16.6. The third-order valence-corrected chi connectivity index (χ3v) is 4.21. The number of ether oxygens (including phenoxy) is 2. The van der Waals surface area contributed by atoms with Crippen LogP contribution in [0.3, 0.4) is 0 Å². The zero-order valence-electron chi connectivity index (χ0n) is 14.0. The van der Waals surface area contributed by atoms with Crippen molar-refractivity contribution in [2.24, 2.45) is 5.73 Å². The van der Waals surface area contributed by atoms with Gasteiger partial charge in [-0.05, 0) is 6.92 Å². The van der Waals surface area contributed by atoms with Crippen LogP contribution in [0.2, 0.25) is 0 Å². The topological polar surface area (TPSA) is 258 Å². The lowest BCUT2D eigenvalue weighted by atomic mass is 9.93. The number of nitrogens with two attached hydrogens (primary N) is 1. The molecule has 2 aliphatic rings. The van der Waals surface area contributed by atoms with Crippen molar-refractivity contribution in [1.82, 2.24) is 0 Å². The molecule has 2 aliphatic heterocycles. The van der Waals surface area contributed by atoms with Crippen LogP contribution < -0.4 is 5.73 Å². The Labute approximate surface area is 148 Å². The molecule has 0 aromatic rings. The lowest BCUT2D eigenvalue weighted by Crippen LogP contribution is -2.71. The van der Waals surface area contributed by atoms with Gasteiger partial charge in [0.15, 0.2) is 12.0 Å². The van der Waals surface area contributed by atoms with E-state index in [0.29, 0.717) is 0 Å². The lowest BCUT2D eigenvalue weighted by molar-refractivity contribution is -0.319. The van der Waals surface area contributed by atoms with Crippen molar-refractivity contribution in [3.05, 3.63) is 0 Å². The fraction of sp³-hybridized carbons (Fsp3) is 1.00. The molecule has 2 fully saturated rings. The van der Waals surface area contributed by atoms with E-state index in [0.717, 1.165) is 0 Å². The van der Waals surface area contributed by atoms with Crippen LogP contribution >= 0.6 is 0 Å². The predicted octanol–water partition coefficient (Wildman–Crippen LogP) is -6.91. The monoisotopic (exact) mass is 391 g/mol. The van der Waals surface area contributed by atoms with Gasteiger partial charge in [-0.3, -0.25) is 5.73 Å². The lowest BCUT2D eigenvalue weighted by Gasteiger charge is -2.44. The summed E-state index contributed by atoms with van der Waals surface area (Å²) >= 11 is 0. The van der Waals surface area contributed by atoms with Crippen LogP contribution in [0.4, 0.5) is 0 Å². The van der Waals surface area contributed by atoms with Crippen LogP contribution in [0.5, 0.6) is 0 Å². The molecule has 0 aliphatic carbocycles. The number of aliphatic hydroxyl groups excluding tert-OH is 8. The van der Waals surface area contributed by atoms with Gasteiger partial charge in [0.2, 0.25) is 0 Å². The van der Waals surface area contributed by atoms with Crippen molar-refractivity contribution < 1.29 is 60.9 Å².